The average Bonchev–Trinajstić information content (AvgIpc) is 3.19. The van der Waals surface area contributed by atoms with Gasteiger partial charge in [0.2, 0.25) is 5.91 Å². The first-order chi connectivity index (χ1) is 9.48. The lowest BCUT2D eigenvalue weighted by atomic mass is 9.94. The highest BCUT2D eigenvalue weighted by Crippen LogP contribution is 2.50. The Morgan fingerprint density at radius 3 is 2.50 bits per heavy atom. The second-order valence-electron chi connectivity index (χ2n) is 5.26. The van der Waals surface area contributed by atoms with Gasteiger partial charge in [-0.15, -0.1) is 0 Å². The molecule has 0 radical (unpaired) electrons. The smallest absolute Gasteiger partial charge is 0.323 e. The molecule has 1 N–H and O–H groups in total. The van der Waals surface area contributed by atoms with Gasteiger partial charge in [0, 0.05) is 6.54 Å². The lowest BCUT2D eigenvalue weighted by molar-refractivity contribution is -0.146. The van der Waals surface area contributed by atoms with E-state index in [1.54, 1.807) is 25.1 Å². The molecule has 0 heterocycles. The van der Waals surface area contributed by atoms with Crippen molar-refractivity contribution in [2.24, 2.45) is 5.41 Å². The van der Waals surface area contributed by atoms with Gasteiger partial charge in [-0.25, -0.2) is 4.39 Å². The molecular weight excluding hydrogens is 261 g/mol. The molecule has 0 atom stereocenters. The van der Waals surface area contributed by atoms with Gasteiger partial charge in [0.05, 0.1) is 5.41 Å². The number of carboxylic acid groups (broad SMARTS) is 1. The fraction of sp³-hybridized carbons (Fsp3) is 0.467. The molecule has 1 saturated carbocycles. The van der Waals surface area contributed by atoms with Crippen LogP contribution in [-0.2, 0) is 16.0 Å². The first-order valence-corrected chi connectivity index (χ1v) is 6.73. The molecule has 1 aromatic rings. The van der Waals surface area contributed by atoms with E-state index in [9.17, 15) is 14.0 Å². The Kier molecular flexibility index (Phi) is 4.06. The van der Waals surface area contributed by atoms with Crippen LogP contribution in [0.5, 0.6) is 0 Å². The van der Waals surface area contributed by atoms with E-state index in [-0.39, 0.29) is 18.3 Å². The van der Waals surface area contributed by atoms with E-state index in [0.717, 1.165) is 0 Å². The predicted molar refractivity (Wildman–Crippen MR) is 71.7 cm³/mol. The molecule has 1 aliphatic rings. The van der Waals surface area contributed by atoms with Gasteiger partial charge in [-0.1, -0.05) is 18.2 Å². The summed E-state index contributed by atoms with van der Waals surface area (Å²) in [5.41, 5.74) is -0.0853. The molecule has 1 amide bonds. The van der Waals surface area contributed by atoms with Crippen LogP contribution >= 0.6 is 0 Å². The molecule has 0 aliphatic heterocycles. The molecule has 108 valence electrons. The SMILES string of the molecule is CCN(CC(=O)O)C(=O)C1(Cc2ccccc2F)CC1. The number of rotatable bonds is 6. The van der Waals surface area contributed by atoms with E-state index in [2.05, 4.69) is 0 Å². The summed E-state index contributed by atoms with van der Waals surface area (Å²) in [6.07, 6.45) is 1.72. The number of carbonyl (C=O) groups excluding carboxylic acids is 1. The van der Waals surface area contributed by atoms with Gasteiger partial charge in [0.1, 0.15) is 12.4 Å². The number of hydrogen-bond donors (Lipinski definition) is 1. The molecule has 1 aromatic carbocycles. The Morgan fingerprint density at radius 2 is 2.00 bits per heavy atom. The van der Waals surface area contributed by atoms with Gasteiger partial charge in [-0.3, -0.25) is 9.59 Å². The van der Waals surface area contributed by atoms with Crippen LogP contribution in [0.4, 0.5) is 4.39 Å². The van der Waals surface area contributed by atoms with Gasteiger partial charge >= 0.3 is 5.97 Å². The molecular formula is C15H18FNO3. The molecule has 2 rings (SSSR count). The van der Waals surface area contributed by atoms with Gasteiger partial charge < -0.3 is 10.0 Å². The number of halogens is 1. The van der Waals surface area contributed by atoms with Crippen LogP contribution in [0.1, 0.15) is 25.3 Å². The summed E-state index contributed by atoms with van der Waals surface area (Å²) in [7, 11) is 0. The number of amides is 1. The number of aliphatic carboxylic acids is 1. The number of nitrogens with zero attached hydrogens (tertiary/aromatic N) is 1. The summed E-state index contributed by atoms with van der Waals surface area (Å²) >= 11 is 0. The largest absolute Gasteiger partial charge is 0.480 e. The molecule has 0 saturated heterocycles. The molecule has 4 nitrogen and oxygen atoms in total. The number of carbonyl (C=O) groups is 2. The van der Waals surface area contributed by atoms with Crippen LogP contribution in [0.3, 0.4) is 0 Å². The highest BCUT2D eigenvalue weighted by atomic mass is 19.1. The van der Waals surface area contributed by atoms with E-state index in [4.69, 9.17) is 5.11 Å². The van der Waals surface area contributed by atoms with Gasteiger partial charge in [0.25, 0.3) is 0 Å². The van der Waals surface area contributed by atoms with Crippen LogP contribution in [0.15, 0.2) is 24.3 Å². The minimum Gasteiger partial charge on any atom is -0.480 e. The third kappa shape index (κ3) is 2.98. The summed E-state index contributed by atoms with van der Waals surface area (Å²) in [5, 5.41) is 8.83. The second kappa shape index (κ2) is 5.61. The summed E-state index contributed by atoms with van der Waals surface area (Å²) in [6, 6.07) is 6.41. The molecule has 0 spiro atoms. The summed E-state index contributed by atoms with van der Waals surface area (Å²) in [4.78, 5) is 24.6. The second-order valence-corrected chi connectivity index (χ2v) is 5.26. The molecule has 1 aliphatic carbocycles. The molecule has 5 heteroatoms. The van der Waals surface area contributed by atoms with Crippen molar-refractivity contribution in [1.29, 1.82) is 0 Å². The molecule has 0 unspecified atom stereocenters. The standard InChI is InChI=1S/C15H18FNO3/c1-2-17(10-13(18)19)14(20)15(7-8-15)9-11-5-3-4-6-12(11)16/h3-6H,2,7-10H2,1H3,(H,18,19). The Hall–Kier alpha value is -1.91. The topological polar surface area (TPSA) is 57.6 Å². The summed E-state index contributed by atoms with van der Waals surface area (Å²) in [5.74, 6) is -1.51. The minimum absolute atomic E-state index is 0.175. The number of benzene rings is 1. The maximum atomic E-state index is 13.7. The monoisotopic (exact) mass is 279 g/mol. The Morgan fingerprint density at radius 1 is 1.35 bits per heavy atom. The third-order valence-corrected chi connectivity index (χ3v) is 3.79. The number of hydrogen-bond acceptors (Lipinski definition) is 2. The molecule has 0 aromatic heterocycles. The highest BCUT2D eigenvalue weighted by Gasteiger charge is 2.51. The fourth-order valence-corrected chi connectivity index (χ4v) is 2.45. The van der Waals surface area contributed by atoms with E-state index in [0.29, 0.717) is 31.4 Å². The zero-order valence-corrected chi connectivity index (χ0v) is 11.4. The van der Waals surface area contributed by atoms with Crippen molar-refractivity contribution < 1.29 is 19.1 Å². The fourth-order valence-electron chi connectivity index (χ4n) is 2.45. The van der Waals surface area contributed by atoms with Crippen molar-refractivity contribution >= 4 is 11.9 Å². The van der Waals surface area contributed by atoms with E-state index >= 15 is 0 Å². The van der Waals surface area contributed by atoms with Crippen molar-refractivity contribution in [2.45, 2.75) is 26.2 Å². The molecule has 0 bridgehead atoms. The van der Waals surface area contributed by atoms with Crippen molar-refractivity contribution in [2.75, 3.05) is 13.1 Å². The van der Waals surface area contributed by atoms with Crippen LogP contribution < -0.4 is 0 Å². The van der Waals surface area contributed by atoms with Crippen LogP contribution in [0.2, 0.25) is 0 Å². The van der Waals surface area contributed by atoms with Gasteiger partial charge in [0.15, 0.2) is 0 Å². The average molecular weight is 279 g/mol. The van der Waals surface area contributed by atoms with Gasteiger partial charge in [-0.05, 0) is 37.8 Å². The lowest BCUT2D eigenvalue weighted by Crippen LogP contribution is -2.41. The number of carboxylic acids is 1. The van der Waals surface area contributed by atoms with Crippen LogP contribution in [0.25, 0.3) is 0 Å². The summed E-state index contributed by atoms with van der Waals surface area (Å²) < 4.78 is 13.7. The van der Waals surface area contributed by atoms with Crippen LogP contribution in [-0.4, -0.2) is 35.0 Å². The van der Waals surface area contributed by atoms with E-state index < -0.39 is 11.4 Å². The maximum Gasteiger partial charge on any atom is 0.323 e. The van der Waals surface area contributed by atoms with Gasteiger partial charge in [-0.2, -0.15) is 0 Å². The van der Waals surface area contributed by atoms with E-state index in [1.165, 1.54) is 11.0 Å². The first kappa shape index (κ1) is 14.5. The van der Waals surface area contributed by atoms with Crippen LogP contribution in [0, 0.1) is 11.2 Å². The van der Waals surface area contributed by atoms with Crippen molar-refractivity contribution in [3.8, 4) is 0 Å². The van der Waals surface area contributed by atoms with Crippen molar-refractivity contribution in [1.82, 2.24) is 4.90 Å². The zero-order valence-electron chi connectivity index (χ0n) is 11.4. The quantitative estimate of drug-likeness (QED) is 0.867. The lowest BCUT2D eigenvalue weighted by Gasteiger charge is -2.25. The first-order valence-electron chi connectivity index (χ1n) is 6.73. The maximum absolute atomic E-state index is 13.7. The third-order valence-electron chi connectivity index (χ3n) is 3.79. The summed E-state index contributed by atoms with van der Waals surface area (Å²) in [6.45, 7) is 1.80. The minimum atomic E-state index is -1.03. The molecule has 20 heavy (non-hydrogen) atoms. The predicted octanol–water partition coefficient (Wildman–Crippen LogP) is 2.08. The Labute approximate surface area is 117 Å². The highest BCUT2D eigenvalue weighted by molar-refractivity contribution is 5.88. The molecule has 1 fully saturated rings. The normalized spacial score (nSPS) is 15.7. The number of likely N-dealkylation sites (N-methyl/N-ethyl adjacent to an activating group) is 1. The Bertz CT molecular complexity index is 526. The van der Waals surface area contributed by atoms with E-state index in [1.807, 2.05) is 0 Å². The van der Waals surface area contributed by atoms with Crippen molar-refractivity contribution in [3.63, 3.8) is 0 Å². The zero-order chi connectivity index (χ0) is 14.8. The van der Waals surface area contributed by atoms with Crippen molar-refractivity contribution in [3.05, 3.63) is 35.6 Å². The Balaban J connectivity index is 2.12.